The minimum absolute atomic E-state index is 0.300. The molecule has 0 aliphatic heterocycles. The van der Waals surface area contributed by atoms with Gasteiger partial charge in [0, 0.05) is 12.7 Å². The third-order valence-corrected chi connectivity index (χ3v) is 2.59. The number of rotatable bonds is 7. The average Bonchev–Trinajstić information content (AvgIpc) is 2.28. The van der Waals surface area contributed by atoms with Crippen molar-refractivity contribution >= 4 is 5.82 Å². The molecule has 4 heteroatoms. The fraction of sp³-hybridized carbons (Fsp3) is 0.583. The number of aromatic nitrogens is 1. The number of anilines is 1. The molecule has 0 aromatic carbocycles. The Labute approximate surface area is 96.3 Å². The number of halogens is 1. The van der Waals surface area contributed by atoms with Crippen LogP contribution < -0.4 is 11.1 Å². The first-order valence-corrected chi connectivity index (χ1v) is 5.82. The van der Waals surface area contributed by atoms with Gasteiger partial charge in [0.1, 0.15) is 0 Å². The molecule has 16 heavy (non-hydrogen) atoms. The van der Waals surface area contributed by atoms with E-state index in [1.54, 1.807) is 12.3 Å². The van der Waals surface area contributed by atoms with Crippen LogP contribution in [0.3, 0.4) is 0 Å². The molecule has 1 aromatic heterocycles. The van der Waals surface area contributed by atoms with Crippen molar-refractivity contribution < 1.29 is 4.39 Å². The van der Waals surface area contributed by atoms with Crippen LogP contribution >= 0.6 is 0 Å². The summed E-state index contributed by atoms with van der Waals surface area (Å²) in [7, 11) is 0. The Morgan fingerprint density at radius 3 is 2.94 bits per heavy atom. The van der Waals surface area contributed by atoms with Crippen LogP contribution in [0.4, 0.5) is 10.2 Å². The molecule has 3 N–H and O–H groups in total. The quantitative estimate of drug-likeness (QED) is 0.749. The van der Waals surface area contributed by atoms with E-state index in [0.717, 1.165) is 25.8 Å². The molecule has 1 rings (SSSR count). The van der Waals surface area contributed by atoms with Gasteiger partial charge in [0.15, 0.2) is 11.6 Å². The average molecular weight is 225 g/mol. The molecule has 90 valence electrons. The predicted molar refractivity (Wildman–Crippen MR) is 64.8 cm³/mol. The van der Waals surface area contributed by atoms with Gasteiger partial charge in [-0.25, -0.2) is 9.37 Å². The van der Waals surface area contributed by atoms with Crippen molar-refractivity contribution in [1.82, 2.24) is 4.98 Å². The molecule has 0 spiro atoms. The van der Waals surface area contributed by atoms with Crippen LogP contribution in [0.15, 0.2) is 18.3 Å². The highest BCUT2D eigenvalue weighted by Crippen LogP contribution is 2.13. The Morgan fingerprint density at radius 2 is 2.31 bits per heavy atom. The van der Waals surface area contributed by atoms with Crippen molar-refractivity contribution in [3.8, 4) is 0 Å². The van der Waals surface area contributed by atoms with E-state index in [-0.39, 0.29) is 5.82 Å². The summed E-state index contributed by atoms with van der Waals surface area (Å²) in [6.45, 7) is 3.56. The Morgan fingerprint density at radius 1 is 1.50 bits per heavy atom. The summed E-state index contributed by atoms with van der Waals surface area (Å²) < 4.78 is 13.3. The van der Waals surface area contributed by atoms with E-state index in [1.165, 1.54) is 6.07 Å². The van der Waals surface area contributed by atoms with Gasteiger partial charge < -0.3 is 11.1 Å². The van der Waals surface area contributed by atoms with Gasteiger partial charge in [0.2, 0.25) is 0 Å². The lowest BCUT2D eigenvalue weighted by atomic mass is 10.00. The normalized spacial score (nSPS) is 12.4. The van der Waals surface area contributed by atoms with Gasteiger partial charge in [-0.15, -0.1) is 0 Å². The van der Waals surface area contributed by atoms with E-state index in [4.69, 9.17) is 5.73 Å². The lowest BCUT2D eigenvalue weighted by Crippen LogP contribution is -2.19. The Hall–Kier alpha value is -1.16. The molecule has 1 heterocycles. The van der Waals surface area contributed by atoms with E-state index in [1.807, 2.05) is 0 Å². The third-order valence-electron chi connectivity index (χ3n) is 2.59. The Balaban J connectivity index is 2.45. The number of pyridine rings is 1. The van der Waals surface area contributed by atoms with Gasteiger partial charge in [-0.3, -0.25) is 0 Å². The molecule has 1 atom stereocenters. The zero-order valence-electron chi connectivity index (χ0n) is 9.75. The molecule has 0 radical (unpaired) electrons. The van der Waals surface area contributed by atoms with Crippen LogP contribution in [0.25, 0.3) is 0 Å². The van der Waals surface area contributed by atoms with Gasteiger partial charge in [-0.1, -0.05) is 13.3 Å². The standard InChI is InChI=1S/C12H20FN3/c1-2-4-10(6-7-14)9-16-12-11(13)5-3-8-15-12/h3,5,8,10H,2,4,6-7,9,14H2,1H3,(H,15,16). The van der Waals surface area contributed by atoms with E-state index in [9.17, 15) is 4.39 Å². The molecule has 0 aliphatic carbocycles. The van der Waals surface area contributed by atoms with Crippen molar-refractivity contribution in [2.24, 2.45) is 11.7 Å². The van der Waals surface area contributed by atoms with E-state index in [2.05, 4.69) is 17.2 Å². The summed E-state index contributed by atoms with van der Waals surface area (Å²) in [5.41, 5.74) is 5.54. The van der Waals surface area contributed by atoms with Crippen LogP contribution in [0.5, 0.6) is 0 Å². The number of nitrogens with one attached hydrogen (secondary N) is 1. The Bertz CT molecular complexity index is 298. The maximum Gasteiger partial charge on any atom is 0.165 e. The van der Waals surface area contributed by atoms with Gasteiger partial charge >= 0.3 is 0 Å². The fourth-order valence-electron chi connectivity index (χ4n) is 1.75. The van der Waals surface area contributed by atoms with Crippen LogP contribution in [-0.2, 0) is 0 Å². The predicted octanol–water partition coefficient (Wildman–Crippen LogP) is 2.40. The molecule has 0 bridgehead atoms. The summed E-state index contributed by atoms with van der Waals surface area (Å²) >= 11 is 0. The minimum atomic E-state index is -0.300. The van der Waals surface area contributed by atoms with E-state index in [0.29, 0.717) is 18.3 Å². The van der Waals surface area contributed by atoms with Crippen molar-refractivity contribution in [3.05, 3.63) is 24.1 Å². The first kappa shape index (κ1) is 12.9. The Kier molecular flexibility index (Phi) is 5.78. The first-order chi connectivity index (χ1) is 7.77. The highest BCUT2D eigenvalue weighted by molar-refractivity contribution is 5.35. The van der Waals surface area contributed by atoms with Crippen LogP contribution in [0.1, 0.15) is 26.2 Å². The number of hydrogen-bond donors (Lipinski definition) is 2. The molecule has 0 amide bonds. The lowest BCUT2D eigenvalue weighted by Gasteiger charge is -2.16. The maximum absolute atomic E-state index is 13.3. The summed E-state index contributed by atoms with van der Waals surface area (Å²) in [6.07, 6.45) is 4.79. The van der Waals surface area contributed by atoms with Crippen LogP contribution in [0.2, 0.25) is 0 Å². The van der Waals surface area contributed by atoms with Gasteiger partial charge in [0.05, 0.1) is 0 Å². The lowest BCUT2D eigenvalue weighted by molar-refractivity contribution is 0.471. The van der Waals surface area contributed by atoms with Crippen molar-refractivity contribution in [3.63, 3.8) is 0 Å². The van der Waals surface area contributed by atoms with E-state index >= 15 is 0 Å². The van der Waals surface area contributed by atoms with Gasteiger partial charge in [-0.05, 0) is 37.4 Å². The SMILES string of the molecule is CCCC(CCN)CNc1ncccc1F. The topological polar surface area (TPSA) is 50.9 Å². The summed E-state index contributed by atoms with van der Waals surface area (Å²) in [5.74, 6) is 0.530. The molecule has 0 aliphatic rings. The zero-order chi connectivity index (χ0) is 11.8. The largest absolute Gasteiger partial charge is 0.367 e. The molecular weight excluding hydrogens is 205 g/mol. The molecule has 0 saturated heterocycles. The van der Waals surface area contributed by atoms with Crippen LogP contribution in [-0.4, -0.2) is 18.1 Å². The second kappa shape index (κ2) is 7.17. The molecule has 1 unspecified atom stereocenters. The molecule has 0 fully saturated rings. The van der Waals surface area contributed by atoms with Crippen molar-refractivity contribution in [2.75, 3.05) is 18.4 Å². The maximum atomic E-state index is 13.3. The molecule has 0 saturated carbocycles. The summed E-state index contributed by atoms with van der Waals surface area (Å²) in [5, 5.41) is 3.04. The zero-order valence-corrected chi connectivity index (χ0v) is 9.75. The number of hydrogen-bond acceptors (Lipinski definition) is 3. The number of nitrogens with zero attached hydrogens (tertiary/aromatic N) is 1. The molecule has 3 nitrogen and oxygen atoms in total. The smallest absolute Gasteiger partial charge is 0.165 e. The van der Waals surface area contributed by atoms with Gasteiger partial charge in [-0.2, -0.15) is 0 Å². The second-order valence-electron chi connectivity index (χ2n) is 3.95. The van der Waals surface area contributed by atoms with Crippen LogP contribution in [0, 0.1) is 11.7 Å². The van der Waals surface area contributed by atoms with Crippen molar-refractivity contribution in [2.45, 2.75) is 26.2 Å². The monoisotopic (exact) mass is 225 g/mol. The third kappa shape index (κ3) is 4.14. The molecular formula is C12H20FN3. The molecule has 1 aromatic rings. The fourth-order valence-corrected chi connectivity index (χ4v) is 1.75. The van der Waals surface area contributed by atoms with Gasteiger partial charge in [0.25, 0.3) is 0 Å². The first-order valence-electron chi connectivity index (χ1n) is 5.82. The second-order valence-corrected chi connectivity index (χ2v) is 3.95. The summed E-state index contributed by atoms with van der Waals surface area (Å²) in [4.78, 5) is 3.95. The van der Waals surface area contributed by atoms with Crippen molar-refractivity contribution in [1.29, 1.82) is 0 Å². The number of nitrogens with two attached hydrogens (primary N) is 1. The highest BCUT2D eigenvalue weighted by Gasteiger charge is 2.08. The highest BCUT2D eigenvalue weighted by atomic mass is 19.1. The summed E-state index contributed by atoms with van der Waals surface area (Å²) in [6, 6.07) is 3.00. The minimum Gasteiger partial charge on any atom is -0.367 e. The van der Waals surface area contributed by atoms with E-state index < -0.39 is 0 Å².